The lowest BCUT2D eigenvalue weighted by atomic mass is 10.0. The van der Waals surface area contributed by atoms with E-state index < -0.39 is 0 Å². The van der Waals surface area contributed by atoms with Crippen molar-refractivity contribution in [3.05, 3.63) is 117 Å². The van der Waals surface area contributed by atoms with Gasteiger partial charge < -0.3 is 31.1 Å². The highest BCUT2D eigenvalue weighted by Crippen LogP contribution is 2.27. The van der Waals surface area contributed by atoms with Crippen molar-refractivity contribution in [3.63, 3.8) is 0 Å². The third-order valence-electron chi connectivity index (χ3n) is 10.1. The van der Waals surface area contributed by atoms with E-state index in [1.165, 1.54) is 0 Å². The summed E-state index contributed by atoms with van der Waals surface area (Å²) in [5, 5.41) is 13.7. The topological polar surface area (TPSA) is 132 Å². The Kier molecular flexibility index (Phi) is 13.2. The number of aryl methyl sites for hydroxylation is 6. The average molecular weight is 777 g/mol. The van der Waals surface area contributed by atoms with Crippen LogP contribution >= 0.6 is 0 Å². The minimum Gasteiger partial charge on any atom is -0.341 e. The quantitative estimate of drug-likeness (QED) is 0.0698. The first-order valence-electron chi connectivity index (χ1n) is 20.1. The van der Waals surface area contributed by atoms with Gasteiger partial charge in [-0.1, -0.05) is 48.6 Å². The number of aromatic nitrogens is 6. The van der Waals surface area contributed by atoms with Crippen molar-refractivity contribution < 1.29 is 0 Å². The second-order valence-corrected chi connectivity index (χ2v) is 14.5. The third kappa shape index (κ3) is 10.2. The molecule has 2 aromatic heterocycles. The summed E-state index contributed by atoms with van der Waals surface area (Å²) in [7, 11) is 0. The second-order valence-electron chi connectivity index (χ2n) is 14.5. The van der Waals surface area contributed by atoms with E-state index in [1.54, 1.807) is 0 Å². The summed E-state index contributed by atoms with van der Waals surface area (Å²) in [5.41, 5.74) is 12.8. The zero-order valence-corrected chi connectivity index (χ0v) is 35.5. The molecule has 12 heteroatoms. The van der Waals surface area contributed by atoms with E-state index >= 15 is 0 Å². The maximum Gasteiger partial charge on any atom is 0.233 e. The summed E-state index contributed by atoms with van der Waals surface area (Å²) >= 11 is 0. The smallest absolute Gasteiger partial charge is 0.233 e. The fourth-order valence-corrected chi connectivity index (χ4v) is 6.55. The van der Waals surface area contributed by atoms with Crippen molar-refractivity contribution in [3.8, 4) is 0 Å². The Morgan fingerprint density at radius 1 is 0.414 bits per heavy atom. The van der Waals surface area contributed by atoms with Gasteiger partial charge in [-0.3, -0.25) is 0 Å². The molecule has 0 spiro atoms. The molecule has 0 fully saturated rings. The molecule has 0 amide bonds. The Labute approximate surface area is 343 Å². The molecule has 0 saturated heterocycles. The normalized spacial score (nSPS) is 11.1. The molecule has 0 aliphatic carbocycles. The summed E-state index contributed by atoms with van der Waals surface area (Å²) in [6.45, 7) is 24.0. The highest BCUT2D eigenvalue weighted by atomic mass is 15.3. The fourth-order valence-electron chi connectivity index (χ4n) is 6.55. The third-order valence-corrected chi connectivity index (χ3v) is 10.1. The highest BCUT2D eigenvalue weighted by Gasteiger charge is 2.15. The van der Waals surface area contributed by atoms with Crippen LogP contribution in [0.1, 0.15) is 72.2 Å². The molecule has 58 heavy (non-hydrogen) atoms. The number of nitrogens with zero attached hydrogens (tertiary/aromatic N) is 8. The largest absolute Gasteiger partial charge is 0.341 e. The van der Waals surface area contributed by atoms with Gasteiger partial charge in [-0.15, -0.1) is 0 Å². The van der Waals surface area contributed by atoms with Crippen LogP contribution < -0.4 is 31.1 Å². The van der Waals surface area contributed by atoms with Crippen molar-refractivity contribution in [2.24, 2.45) is 0 Å². The Morgan fingerprint density at radius 3 is 1.12 bits per heavy atom. The van der Waals surface area contributed by atoms with Gasteiger partial charge in [-0.25, -0.2) is 0 Å². The first-order chi connectivity index (χ1) is 27.9. The van der Waals surface area contributed by atoms with Crippen LogP contribution in [0.5, 0.6) is 0 Å². The van der Waals surface area contributed by atoms with Crippen LogP contribution in [0, 0.1) is 41.5 Å². The molecule has 300 valence electrons. The number of benzene rings is 4. The van der Waals surface area contributed by atoms with Gasteiger partial charge in [0.2, 0.25) is 35.7 Å². The fraction of sp³-hybridized carbons (Fsp3) is 0.304. The summed E-state index contributed by atoms with van der Waals surface area (Å²) < 4.78 is 0. The van der Waals surface area contributed by atoms with Crippen LogP contribution in [0.15, 0.2) is 72.8 Å². The zero-order chi connectivity index (χ0) is 41.3. The van der Waals surface area contributed by atoms with E-state index in [0.717, 1.165) is 93.4 Å². The molecule has 0 saturated carbocycles. The van der Waals surface area contributed by atoms with Gasteiger partial charge in [0.1, 0.15) is 0 Å². The van der Waals surface area contributed by atoms with Crippen molar-refractivity contribution >= 4 is 70.6 Å². The van der Waals surface area contributed by atoms with Gasteiger partial charge in [-0.2, -0.15) is 29.9 Å². The molecular weight excluding hydrogens is 721 g/mol. The predicted octanol–water partition coefficient (Wildman–Crippen LogP) is 10.7. The lowest BCUT2D eigenvalue weighted by Gasteiger charge is -2.20. The molecule has 0 atom stereocenters. The SMILES string of the molecule is CCN(CC)c1nc(Nc2ccc(C=Cc3ccc(Nc4nc(Nc5cc(C)ccc5C)nc(N(CC)CC)n4)cc3C)c(C)c2)nc(Nc2cc(C)ccc2C)n1. The standard InChI is InChI=1S/C46H56N12/c1-11-57(12-2)45-53-41(51-43(55-45)49-39-25-29(5)15-17-31(39)7)47-37-23-21-35(33(9)27-37)19-20-36-22-24-38(28-34(36)10)48-42-52-44(56-46(54-42)58(13-3)14-4)50-40-26-30(6)16-18-32(40)8/h15-28H,11-14H2,1-10H3,(H2,47,49,51,53,55)(H2,48,50,52,54,56). The highest BCUT2D eigenvalue weighted by molar-refractivity contribution is 5.75. The molecule has 0 bridgehead atoms. The van der Waals surface area contributed by atoms with Gasteiger partial charge in [0.05, 0.1) is 0 Å². The Bertz CT molecular complexity index is 2230. The minimum atomic E-state index is 0.479. The summed E-state index contributed by atoms with van der Waals surface area (Å²) in [4.78, 5) is 32.8. The van der Waals surface area contributed by atoms with Crippen molar-refractivity contribution in [2.45, 2.75) is 69.2 Å². The van der Waals surface area contributed by atoms with Gasteiger partial charge in [-0.05, 0) is 150 Å². The minimum absolute atomic E-state index is 0.479. The van der Waals surface area contributed by atoms with E-state index in [2.05, 4.69) is 185 Å². The zero-order valence-electron chi connectivity index (χ0n) is 35.5. The van der Waals surface area contributed by atoms with E-state index in [1.807, 2.05) is 0 Å². The van der Waals surface area contributed by atoms with E-state index in [9.17, 15) is 0 Å². The number of hydrogen-bond donors (Lipinski definition) is 4. The van der Waals surface area contributed by atoms with Crippen LogP contribution in [-0.4, -0.2) is 56.1 Å². The molecule has 6 rings (SSSR count). The Balaban J connectivity index is 1.18. The molecule has 4 aromatic carbocycles. The number of hydrogen-bond acceptors (Lipinski definition) is 12. The molecule has 0 aliphatic heterocycles. The monoisotopic (exact) mass is 776 g/mol. The van der Waals surface area contributed by atoms with Crippen LogP contribution in [-0.2, 0) is 0 Å². The van der Waals surface area contributed by atoms with Crippen molar-refractivity contribution in [1.82, 2.24) is 29.9 Å². The molecule has 0 aliphatic rings. The van der Waals surface area contributed by atoms with Crippen LogP contribution in [0.25, 0.3) is 12.2 Å². The summed E-state index contributed by atoms with van der Waals surface area (Å²) in [6, 6.07) is 25.2. The maximum absolute atomic E-state index is 4.79. The first-order valence-corrected chi connectivity index (χ1v) is 20.1. The van der Waals surface area contributed by atoms with Crippen LogP contribution in [0.3, 0.4) is 0 Å². The van der Waals surface area contributed by atoms with Gasteiger partial charge in [0, 0.05) is 48.9 Å². The molecule has 4 N–H and O–H groups in total. The predicted molar refractivity (Wildman–Crippen MR) is 243 cm³/mol. The van der Waals surface area contributed by atoms with Gasteiger partial charge >= 0.3 is 0 Å². The van der Waals surface area contributed by atoms with Gasteiger partial charge in [0.15, 0.2) is 0 Å². The maximum atomic E-state index is 4.79. The number of rotatable bonds is 16. The number of anilines is 10. The summed E-state index contributed by atoms with van der Waals surface area (Å²) in [6.07, 6.45) is 4.30. The van der Waals surface area contributed by atoms with Crippen LogP contribution in [0.2, 0.25) is 0 Å². The van der Waals surface area contributed by atoms with Crippen molar-refractivity contribution in [1.29, 1.82) is 0 Å². The molecular formula is C46H56N12. The molecule has 2 heterocycles. The molecule has 6 aromatic rings. The van der Waals surface area contributed by atoms with Gasteiger partial charge in [0.25, 0.3) is 0 Å². The van der Waals surface area contributed by atoms with E-state index in [0.29, 0.717) is 35.7 Å². The van der Waals surface area contributed by atoms with Crippen molar-refractivity contribution in [2.75, 3.05) is 57.2 Å². The lowest BCUT2D eigenvalue weighted by Crippen LogP contribution is -2.25. The number of nitrogens with one attached hydrogen (secondary N) is 4. The summed E-state index contributed by atoms with van der Waals surface area (Å²) in [5.74, 6) is 3.19. The Morgan fingerprint density at radius 2 is 0.776 bits per heavy atom. The lowest BCUT2D eigenvalue weighted by molar-refractivity contribution is 0.815. The second kappa shape index (κ2) is 18.6. The first kappa shape index (κ1) is 41.1. The van der Waals surface area contributed by atoms with Crippen LogP contribution in [0.4, 0.5) is 58.4 Å². The molecule has 0 radical (unpaired) electrons. The molecule has 12 nitrogen and oxygen atoms in total. The van der Waals surface area contributed by atoms with E-state index in [-0.39, 0.29) is 0 Å². The average Bonchev–Trinajstić information content (AvgIpc) is 3.19. The molecule has 0 unspecified atom stereocenters. The Hall–Kier alpha value is -6.56. The van der Waals surface area contributed by atoms with E-state index in [4.69, 9.17) is 29.9 Å².